The molecule has 3 rings (SSSR count). The van der Waals surface area contributed by atoms with Crippen molar-refractivity contribution < 1.29 is 22.7 Å². The van der Waals surface area contributed by atoms with Gasteiger partial charge >= 0.3 is 0 Å². The fourth-order valence-corrected chi connectivity index (χ4v) is 2.29. The zero-order valence-corrected chi connectivity index (χ0v) is 13.9. The molecule has 0 atom stereocenters. The molecule has 1 amide bonds. The molecule has 27 heavy (non-hydrogen) atoms. The SMILES string of the molecule is COc1cc(=O)c(C(=O)Nc2ccccc2F)nn1-c1ccc(F)c(F)c1. The molecule has 0 spiro atoms. The molecule has 0 fully saturated rings. The first kappa shape index (κ1) is 18.2. The number of halogens is 3. The first-order valence-corrected chi connectivity index (χ1v) is 7.60. The molecule has 3 aromatic rings. The van der Waals surface area contributed by atoms with E-state index in [9.17, 15) is 22.8 Å². The minimum atomic E-state index is -1.15. The van der Waals surface area contributed by atoms with E-state index in [0.717, 1.165) is 28.9 Å². The summed E-state index contributed by atoms with van der Waals surface area (Å²) in [6.45, 7) is 0. The van der Waals surface area contributed by atoms with Crippen LogP contribution in [0.1, 0.15) is 10.5 Å². The molecule has 2 aromatic carbocycles. The predicted octanol–water partition coefficient (Wildman–Crippen LogP) is 2.91. The third-order valence-corrected chi connectivity index (χ3v) is 3.59. The first-order valence-electron chi connectivity index (χ1n) is 7.60. The van der Waals surface area contributed by atoms with Crippen molar-refractivity contribution in [2.45, 2.75) is 0 Å². The van der Waals surface area contributed by atoms with Crippen molar-refractivity contribution >= 4 is 11.6 Å². The molecular weight excluding hydrogens is 363 g/mol. The second-order valence-electron chi connectivity index (χ2n) is 5.34. The van der Waals surface area contributed by atoms with Crippen molar-refractivity contribution in [2.75, 3.05) is 12.4 Å². The highest BCUT2D eigenvalue weighted by Crippen LogP contribution is 2.18. The summed E-state index contributed by atoms with van der Waals surface area (Å²) in [7, 11) is 1.24. The van der Waals surface area contributed by atoms with Crippen LogP contribution in [0.4, 0.5) is 18.9 Å². The lowest BCUT2D eigenvalue weighted by Gasteiger charge is -2.13. The summed E-state index contributed by atoms with van der Waals surface area (Å²) in [5.74, 6) is -3.98. The summed E-state index contributed by atoms with van der Waals surface area (Å²) >= 11 is 0. The summed E-state index contributed by atoms with van der Waals surface area (Å²) in [5.41, 5.74) is -1.49. The maximum Gasteiger partial charge on any atom is 0.280 e. The highest BCUT2D eigenvalue weighted by Gasteiger charge is 2.19. The highest BCUT2D eigenvalue weighted by molar-refractivity contribution is 6.02. The second kappa shape index (κ2) is 7.32. The lowest BCUT2D eigenvalue weighted by atomic mass is 10.2. The molecule has 0 bridgehead atoms. The lowest BCUT2D eigenvalue weighted by Crippen LogP contribution is -2.26. The molecule has 0 saturated carbocycles. The number of methoxy groups -OCH3 is 1. The summed E-state index contributed by atoms with van der Waals surface area (Å²) in [5, 5.41) is 6.10. The molecule has 0 saturated heterocycles. The van der Waals surface area contributed by atoms with Crippen molar-refractivity contribution in [3.8, 4) is 11.6 Å². The molecule has 1 aromatic heterocycles. The lowest BCUT2D eigenvalue weighted by molar-refractivity contribution is 0.101. The summed E-state index contributed by atoms with van der Waals surface area (Å²) in [6, 6.07) is 9.23. The Morgan fingerprint density at radius 2 is 1.78 bits per heavy atom. The topological polar surface area (TPSA) is 73.2 Å². The number of para-hydroxylation sites is 1. The van der Waals surface area contributed by atoms with Gasteiger partial charge in [-0.25, -0.2) is 17.9 Å². The Kier molecular flexibility index (Phi) is 4.93. The van der Waals surface area contributed by atoms with Crippen molar-refractivity contribution in [3.63, 3.8) is 0 Å². The number of carbonyl (C=O) groups is 1. The molecule has 1 heterocycles. The van der Waals surface area contributed by atoms with Crippen molar-refractivity contribution in [1.29, 1.82) is 0 Å². The second-order valence-corrected chi connectivity index (χ2v) is 5.34. The smallest absolute Gasteiger partial charge is 0.280 e. The van der Waals surface area contributed by atoms with Gasteiger partial charge in [0.25, 0.3) is 5.91 Å². The largest absolute Gasteiger partial charge is 0.481 e. The number of anilines is 1. The summed E-state index contributed by atoms with van der Waals surface area (Å²) in [6.07, 6.45) is 0. The average Bonchev–Trinajstić information content (AvgIpc) is 2.65. The average molecular weight is 375 g/mol. The monoisotopic (exact) mass is 375 g/mol. The molecular formula is C18H12F3N3O3. The van der Waals surface area contributed by atoms with E-state index in [1.54, 1.807) is 0 Å². The van der Waals surface area contributed by atoms with Crippen LogP contribution in [0.3, 0.4) is 0 Å². The number of rotatable bonds is 4. The first-order chi connectivity index (χ1) is 12.9. The van der Waals surface area contributed by atoms with Crippen LogP contribution >= 0.6 is 0 Å². The standard InChI is InChI=1S/C18H12F3N3O3/c1-27-16-9-15(25)17(18(26)22-14-5-3-2-4-12(14)20)23-24(16)10-6-7-11(19)13(21)8-10/h2-9H,1H3,(H,22,26). The molecule has 0 aliphatic rings. The Labute approximate surface area is 150 Å². The van der Waals surface area contributed by atoms with Crippen molar-refractivity contribution in [1.82, 2.24) is 9.78 Å². The Hall–Kier alpha value is -3.62. The highest BCUT2D eigenvalue weighted by atomic mass is 19.2. The van der Waals surface area contributed by atoms with Gasteiger partial charge in [-0.1, -0.05) is 12.1 Å². The van der Waals surface area contributed by atoms with E-state index in [2.05, 4.69) is 10.4 Å². The van der Waals surface area contributed by atoms with E-state index in [4.69, 9.17) is 4.74 Å². The van der Waals surface area contributed by atoms with Crippen LogP contribution in [-0.4, -0.2) is 22.8 Å². The van der Waals surface area contributed by atoms with Gasteiger partial charge in [0.05, 0.1) is 24.6 Å². The number of hydrogen-bond acceptors (Lipinski definition) is 4. The van der Waals surface area contributed by atoms with Crippen LogP contribution in [0.5, 0.6) is 5.88 Å². The fourth-order valence-electron chi connectivity index (χ4n) is 2.29. The van der Waals surface area contributed by atoms with E-state index in [0.29, 0.717) is 0 Å². The number of amides is 1. The van der Waals surface area contributed by atoms with E-state index in [-0.39, 0.29) is 17.3 Å². The molecule has 0 unspecified atom stereocenters. The fraction of sp³-hybridized carbons (Fsp3) is 0.0556. The Morgan fingerprint density at radius 3 is 2.44 bits per heavy atom. The van der Waals surface area contributed by atoms with Gasteiger partial charge < -0.3 is 10.1 Å². The molecule has 1 N–H and O–H groups in total. The number of hydrogen-bond donors (Lipinski definition) is 1. The molecule has 9 heteroatoms. The minimum absolute atomic E-state index is 0.0192. The van der Waals surface area contributed by atoms with Gasteiger partial charge in [0.15, 0.2) is 17.3 Å². The number of benzene rings is 2. The van der Waals surface area contributed by atoms with E-state index >= 15 is 0 Å². The minimum Gasteiger partial charge on any atom is -0.481 e. The Bertz CT molecular complexity index is 1080. The number of carbonyl (C=O) groups excluding carboxylic acids is 1. The van der Waals surface area contributed by atoms with Crippen LogP contribution in [0.25, 0.3) is 5.69 Å². The molecule has 6 nitrogen and oxygen atoms in total. The number of nitrogens with zero attached hydrogens (tertiary/aromatic N) is 2. The summed E-state index contributed by atoms with van der Waals surface area (Å²) < 4.78 is 46.4. The van der Waals surface area contributed by atoms with Crippen LogP contribution in [-0.2, 0) is 0 Å². The van der Waals surface area contributed by atoms with Gasteiger partial charge in [-0.2, -0.15) is 5.10 Å². The third-order valence-electron chi connectivity index (χ3n) is 3.59. The summed E-state index contributed by atoms with van der Waals surface area (Å²) in [4.78, 5) is 24.5. The normalized spacial score (nSPS) is 10.5. The molecule has 0 radical (unpaired) electrons. The van der Waals surface area contributed by atoms with Crippen molar-refractivity contribution in [3.05, 3.63) is 81.9 Å². The predicted molar refractivity (Wildman–Crippen MR) is 90.7 cm³/mol. The zero-order chi connectivity index (χ0) is 19.6. The van der Waals surface area contributed by atoms with Gasteiger partial charge in [0.1, 0.15) is 5.82 Å². The van der Waals surface area contributed by atoms with Crippen molar-refractivity contribution in [2.24, 2.45) is 0 Å². The van der Waals surface area contributed by atoms with Crippen LogP contribution in [0.2, 0.25) is 0 Å². The number of ether oxygens (including phenoxy) is 1. The third kappa shape index (κ3) is 3.66. The molecule has 0 aliphatic carbocycles. The van der Waals surface area contributed by atoms with Crippen LogP contribution < -0.4 is 15.5 Å². The van der Waals surface area contributed by atoms with E-state index in [1.807, 2.05) is 0 Å². The van der Waals surface area contributed by atoms with Gasteiger partial charge in [-0.05, 0) is 24.3 Å². The number of nitrogens with one attached hydrogen (secondary N) is 1. The van der Waals surface area contributed by atoms with Gasteiger partial charge in [0.2, 0.25) is 11.3 Å². The quantitative estimate of drug-likeness (QED) is 0.761. The van der Waals surface area contributed by atoms with Crippen LogP contribution in [0.15, 0.2) is 53.3 Å². The van der Waals surface area contributed by atoms with E-state index < -0.39 is 34.5 Å². The van der Waals surface area contributed by atoms with Gasteiger partial charge in [0, 0.05) is 6.07 Å². The maximum absolute atomic E-state index is 13.7. The Morgan fingerprint density at radius 1 is 1.04 bits per heavy atom. The van der Waals surface area contributed by atoms with Crippen LogP contribution in [0, 0.1) is 17.5 Å². The molecule has 138 valence electrons. The van der Waals surface area contributed by atoms with Gasteiger partial charge in [-0.3, -0.25) is 9.59 Å². The Balaban J connectivity index is 2.06. The zero-order valence-electron chi connectivity index (χ0n) is 13.9. The number of aromatic nitrogens is 2. The molecule has 0 aliphatic heterocycles. The maximum atomic E-state index is 13.7. The van der Waals surface area contributed by atoms with Gasteiger partial charge in [-0.15, -0.1) is 0 Å². The van der Waals surface area contributed by atoms with E-state index in [1.165, 1.54) is 31.4 Å².